The number of carbonyl (C=O) groups is 3. The van der Waals surface area contributed by atoms with Crippen LogP contribution in [-0.4, -0.2) is 80.7 Å². The summed E-state index contributed by atoms with van der Waals surface area (Å²) < 4.78 is 10.9. The number of primary amides is 1. The molecule has 0 saturated carbocycles. The summed E-state index contributed by atoms with van der Waals surface area (Å²) in [6.07, 6.45) is 1.89. The number of dihydropyridines is 1. The Morgan fingerprint density at radius 3 is 2.35 bits per heavy atom. The predicted molar refractivity (Wildman–Crippen MR) is 171 cm³/mol. The van der Waals surface area contributed by atoms with Gasteiger partial charge < -0.3 is 36.5 Å². The lowest BCUT2D eigenvalue weighted by atomic mass is 9.72. The molecule has 246 valence electrons. The number of allylic oxidation sites excluding steroid dienone is 1. The average molecular weight is 635 g/mol. The van der Waals surface area contributed by atoms with Crippen molar-refractivity contribution in [3.8, 4) is 0 Å². The maximum atomic E-state index is 13.8. The number of carbonyl (C=O) groups excluding carboxylic acids is 3. The molecule has 6 N–H and O–H groups in total. The summed E-state index contributed by atoms with van der Waals surface area (Å²) in [5.74, 6) is -2.24. The summed E-state index contributed by atoms with van der Waals surface area (Å²) in [6.45, 7) is 4.69. The number of nitrogens with two attached hydrogens (primary N) is 2. The zero-order valence-corrected chi connectivity index (χ0v) is 26.3. The number of piperidine rings is 1. The Labute approximate surface area is 268 Å². The summed E-state index contributed by atoms with van der Waals surface area (Å²) >= 11 is 0. The Morgan fingerprint density at radius 1 is 1.09 bits per heavy atom. The van der Waals surface area contributed by atoms with E-state index in [2.05, 4.69) is 15.5 Å². The van der Waals surface area contributed by atoms with Gasteiger partial charge in [-0.25, -0.2) is 0 Å². The van der Waals surface area contributed by atoms with Crippen LogP contribution in [0.5, 0.6) is 0 Å². The molecule has 0 spiro atoms. The van der Waals surface area contributed by atoms with Crippen LogP contribution in [0.2, 0.25) is 0 Å². The Hall–Kier alpha value is -4.59. The molecule has 0 bridgehead atoms. The molecule has 13 heteroatoms. The van der Waals surface area contributed by atoms with E-state index in [1.165, 1.54) is 31.4 Å². The lowest BCUT2D eigenvalue weighted by molar-refractivity contribution is -0.384. The molecular formula is C33H42N6O7. The van der Waals surface area contributed by atoms with E-state index in [0.717, 1.165) is 5.56 Å². The van der Waals surface area contributed by atoms with E-state index in [4.69, 9.17) is 20.9 Å². The van der Waals surface area contributed by atoms with Gasteiger partial charge in [-0.05, 0) is 56.9 Å². The average Bonchev–Trinajstić information content (AvgIpc) is 3.06. The number of ether oxygens (including phenoxy) is 2. The number of benzene rings is 2. The lowest BCUT2D eigenvalue weighted by Crippen LogP contribution is -2.48. The van der Waals surface area contributed by atoms with Gasteiger partial charge in [-0.1, -0.05) is 42.5 Å². The Morgan fingerprint density at radius 2 is 1.76 bits per heavy atom. The van der Waals surface area contributed by atoms with Crippen LogP contribution in [0, 0.1) is 10.1 Å². The molecule has 1 fully saturated rings. The molecule has 13 nitrogen and oxygen atoms in total. The highest BCUT2D eigenvalue weighted by atomic mass is 16.6. The fourth-order valence-corrected chi connectivity index (χ4v) is 6.31. The van der Waals surface area contributed by atoms with Crippen molar-refractivity contribution < 1.29 is 28.8 Å². The number of methoxy groups -OCH3 is 1. The van der Waals surface area contributed by atoms with Crippen LogP contribution in [0.25, 0.3) is 0 Å². The molecular weight excluding hydrogens is 592 g/mol. The third kappa shape index (κ3) is 7.61. The van der Waals surface area contributed by atoms with Gasteiger partial charge in [0, 0.05) is 42.4 Å². The van der Waals surface area contributed by atoms with Gasteiger partial charge in [-0.15, -0.1) is 0 Å². The number of non-ortho nitro benzene ring substituents is 1. The highest BCUT2D eigenvalue weighted by Crippen LogP contribution is 2.39. The number of esters is 1. The van der Waals surface area contributed by atoms with E-state index in [1.807, 2.05) is 30.3 Å². The summed E-state index contributed by atoms with van der Waals surface area (Å²) in [5, 5.41) is 17.4. The first-order valence-electron chi connectivity index (χ1n) is 15.3. The number of likely N-dealkylation sites (tertiary alicyclic amines) is 1. The van der Waals surface area contributed by atoms with Crippen molar-refractivity contribution in [3.63, 3.8) is 0 Å². The zero-order valence-electron chi connectivity index (χ0n) is 26.3. The monoisotopic (exact) mass is 634 g/mol. The molecule has 0 aliphatic carbocycles. The van der Waals surface area contributed by atoms with Crippen LogP contribution in [0.3, 0.4) is 0 Å². The van der Waals surface area contributed by atoms with Crippen molar-refractivity contribution in [2.45, 2.75) is 37.5 Å². The van der Waals surface area contributed by atoms with Crippen LogP contribution in [0.15, 0.2) is 77.1 Å². The quantitative estimate of drug-likeness (QED) is 0.103. The first-order valence-corrected chi connectivity index (χ1v) is 15.3. The first kappa shape index (κ1) is 34.3. The topological polar surface area (TPSA) is 192 Å². The molecule has 1 atom stereocenters. The van der Waals surface area contributed by atoms with E-state index < -0.39 is 28.1 Å². The normalized spacial score (nSPS) is 18.1. The van der Waals surface area contributed by atoms with Gasteiger partial charge in [0.15, 0.2) is 0 Å². The first-order chi connectivity index (χ1) is 22.1. The van der Waals surface area contributed by atoms with E-state index in [-0.39, 0.29) is 42.6 Å². The third-order valence-electron chi connectivity index (χ3n) is 8.65. The second-order valence-corrected chi connectivity index (χ2v) is 11.4. The second-order valence-electron chi connectivity index (χ2n) is 11.4. The molecule has 1 unspecified atom stereocenters. The molecule has 2 aliphatic rings. The highest BCUT2D eigenvalue weighted by Gasteiger charge is 2.44. The molecule has 2 amide bonds. The second kappa shape index (κ2) is 15.6. The van der Waals surface area contributed by atoms with Crippen LogP contribution in [0.1, 0.15) is 43.2 Å². The van der Waals surface area contributed by atoms with Gasteiger partial charge in [0.05, 0.1) is 41.9 Å². The maximum absolute atomic E-state index is 13.8. The fraction of sp³-hybridized carbons (Fsp3) is 0.424. The van der Waals surface area contributed by atoms with Crippen molar-refractivity contribution in [2.75, 3.05) is 53.0 Å². The molecule has 2 aromatic carbocycles. The Balaban J connectivity index is 1.47. The summed E-state index contributed by atoms with van der Waals surface area (Å²) in [4.78, 5) is 52.4. The Kier molecular flexibility index (Phi) is 11.6. The van der Waals surface area contributed by atoms with Crippen molar-refractivity contribution in [3.05, 3.63) is 98.4 Å². The van der Waals surface area contributed by atoms with Gasteiger partial charge in [0.25, 0.3) is 5.69 Å². The van der Waals surface area contributed by atoms with Crippen molar-refractivity contribution in [1.82, 2.24) is 15.5 Å². The number of hydrogen-bond acceptors (Lipinski definition) is 10. The van der Waals surface area contributed by atoms with Gasteiger partial charge in [0.1, 0.15) is 0 Å². The van der Waals surface area contributed by atoms with Crippen molar-refractivity contribution >= 4 is 23.5 Å². The lowest BCUT2D eigenvalue weighted by Gasteiger charge is -2.40. The number of nitro benzene ring substituents is 1. The van der Waals surface area contributed by atoms with E-state index in [1.54, 1.807) is 6.92 Å². The molecule has 0 aromatic heterocycles. The molecule has 0 radical (unpaired) electrons. The van der Waals surface area contributed by atoms with Crippen LogP contribution in [-0.2, 0) is 29.3 Å². The van der Waals surface area contributed by atoms with E-state index >= 15 is 0 Å². The molecule has 2 aliphatic heterocycles. The largest absolute Gasteiger partial charge is 0.468 e. The van der Waals surface area contributed by atoms with Gasteiger partial charge in [0.2, 0.25) is 11.8 Å². The zero-order chi connectivity index (χ0) is 33.3. The number of nitrogens with one attached hydrogen (secondary N) is 2. The number of nitrogens with zero attached hydrogens (tertiary/aromatic N) is 2. The van der Waals surface area contributed by atoms with E-state index in [0.29, 0.717) is 62.4 Å². The minimum absolute atomic E-state index is 0.0317. The summed E-state index contributed by atoms with van der Waals surface area (Å²) in [5.41, 5.74) is 13.4. The molecule has 46 heavy (non-hydrogen) atoms. The Bertz CT molecular complexity index is 1480. The predicted octanol–water partition coefficient (Wildman–Crippen LogP) is 1.98. The van der Waals surface area contributed by atoms with Crippen molar-refractivity contribution in [1.29, 1.82) is 0 Å². The minimum Gasteiger partial charge on any atom is -0.468 e. The van der Waals surface area contributed by atoms with Gasteiger partial charge in [-0.2, -0.15) is 0 Å². The van der Waals surface area contributed by atoms with Gasteiger partial charge >= 0.3 is 5.97 Å². The van der Waals surface area contributed by atoms with Crippen LogP contribution < -0.4 is 22.1 Å². The van der Waals surface area contributed by atoms with Crippen molar-refractivity contribution in [2.24, 2.45) is 11.5 Å². The molecule has 2 heterocycles. The van der Waals surface area contributed by atoms with E-state index in [9.17, 15) is 24.5 Å². The standard InChI is InChI=1S/C33H42N6O7/c1-22-27(30(35)40)28(23-9-11-25(12-10-23)39(43)44)29(26(37-22)21-46-20-15-34)31(41)36-16-6-17-38-18-13-33(14-19-38,32(42)45-2)24-7-4-3-5-8-24/h3-5,7-12,28,37H,6,13-21,34H2,1-2H3,(H2,35,40)(H,36,41). The summed E-state index contributed by atoms with van der Waals surface area (Å²) in [6, 6.07) is 15.4. The highest BCUT2D eigenvalue weighted by molar-refractivity contribution is 6.03. The molecule has 1 saturated heterocycles. The third-order valence-corrected chi connectivity index (χ3v) is 8.65. The number of nitro groups is 1. The van der Waals surface area contributed by atoms with Gasteiger partial charge in [-0.3, -0.25) is 24.5 Å². The SMILES string of the molecule is COC(=O)C1(c2ccccc2)CCN(CCCNC(=O)C2=C(COCCN)NC(C)=C(C(N)=O)C2c2ccc([N+](=O)[O-])cc2)CC1. The number of hydrogen-bond donors (Lipinski definition) is 4. The fourth-order valence-electron chi connectivity index (χ4n) is 6.31. The smallest absolute Gasteiger partial charge is 0.316 e. The van der Waals surface area contributed by atoms with Crippen LogP contribution >= 0.6 is 0 Å². The maximum Gasteiger partial charge on any atom is 0.316 e. The summed E-state index contributed by atoms with van der Waals surface area (Å²) in [7, 11) is 1.42. The number of rotatable bonds is 14. The van der Waals surface area contributed by atoms with Crippen LogP contribution in [0.4, 0.5) is 5.69 Å². The number of amides is 2. The molecule has 2 aromatic rings. The minimum atomic E-state index is -0.873. The molecule has 4 rings (SSSR count).